The van der Waals surface area contributed by atoms with Crippen molar-refractivity contribution in [2.45, 2.75) is 5.92 Å². The molecule has 6 heteroatoms. The zero-order valence-electron chi connectivity index (χ0n) is 14.5. The molecule has 0 spiro atoms. The molecule has 4 rings (SSSR count). The third kappa shape index (κ3) is 3.37. The van der Waals surface area contributed by atoms with Crippen LogP contribution < -0.4 is 5.32 Å². The predicted octanol–water partition coefficient (Wildman–Crippen LogP) is 4.72. The smallest absolute Gasteiger partial charge is 0.311 e. The number of aromatic amines is 1. The molecule has 0 bridgehead atoms. The first-order chi connectivity index (χ1) is 13.2. The maximum absolute atomic E-state index is 11.3. The molecule has 2 N–H and O–H groups in total. The zero-order chi connectivity index (χ0) is 18.6. The number of nitrogens with one attached hydrogen (secondary N) is 2. The number of hydrogen-bond acceptors (Lipinski definition) is 4. The number of anilines is 1. The Labute approximate surface area is 156 Å². The summed E-state index contributed by atoms with van der Waals surface area (Å²) < 4.78 is 0. The molecule has 0 saturated carbocycles. The number of rotatable bonds is 6. The van der Waals surface area contributed by atoms with Crippen LogP contribution >= 0.6 is 0 Å². The van der Waals surface area contributed by atoms with Crippen molar-refractivity contribution in [1.29, 1.82) is 0 Å². The van der Waals surface area contributed by atoms with Crippen LogP contribution in [0.3, 0.4) is 0 Å². The van der Waals surface area contributed by atoms with Gasteiger partial charge in [0.25, 0.3) is 0 Å². The van der Waals surface area contributed by atoms with Gasteiger partial charge in [0, 0.05) is 41.8 Å². The predicted molar refractivity (Wildman–Crippen MR) is 106 cm³/mol. The first-order valence-corrected chi connectivity index (χ1v) is 8.68. The number of benzene rings is 2. The van der Waals surface area contributed by atoms with Gasteiger partial charge in [-0.15, -0.1) is 0 Å². The highest BCUT2D eigenvalue weighted by molar-refractivity contribution is 5.84. The Morgan fingerprint density at radius 2 is 1.81 bits per heavy atom. The number of hydrogen-bond donors (Lipinski definition) is 2. The van der Waals surface area contributed by atoms with Crippen LogP contribution in [0, 0.1) is 10.1 Å². The van der Waals surface area contributed by atoms with Crippen molar-refractivity contribution < 1.29 is 4.92 Å². The fourth-order valence-corrected chi connectivity index (χ4v) is 3.35. The third-order valence-electron chi connectivity index (χ3n) is 4.66. The van der Waals surface area contributed by atoms with E-state index in [0.29, 0.717) is 6.54 Å². The monoisotopic (exact) mass is 358 g/mol. The average molecular weight is 358 g/mol. The quantitative estimate of drug-likeness (QED) is 0.386. The van der Waals surface area contributed by atoms with E-state index in [2.05, 4.69) is 33.5 Å². The van der Waals surface area contributed by atoms with Crippen molar-refractivity contribution in [3.8, 4) is 0 Å². The van der Waals surface area contributed by atoms with Gasteiger partial charge in [-0.2, -0.15) is 0 Å². The SMILES string of the molecule is O=[N+]([O-])c1cccnc1NC[C@@H](c1ccccc1)c1c[nH]c2ccccc12. The second-order valence-corrected chi connectivity index (χ2v) is 6.26. The fraction of sp³-hybridized carbons (Fsp3) is 0.0952. The average Bonchev–Trinajstić information content (AvgIpc) is 3.13. The highest BCUT2D eigenvalue weighted by Gasteiger charge is 2.20. The van der Waals surface area contributed by atoms with Crippen LogP contribution in [0.2, 0.25) is 0 Å². The molecule has 0 saturated heterocycles. The summed E-state index contributed by atoms with van der Waals surface area (Å²) in [6.45, 7) is 0.490. The Morgan fingerprint density at radius 3 is 2.63 bits per heavy atom. The molecule has 0 aliphatic heterocycles. The van der Waals surface area contributed by atoms with Crippen LogP contribution in [0.5, 0.6) is 0 Å². The van der Waals surface area contributed by atoms with Crippen LogP contribution in [0.4, 0.5) is 11.5 Å². The minimum absolute atomic E-state index is 0.0176. The van der Waals surface area contributed by atoms with E-state index in [1.165, 1.54) is 6.07 Å². The van der Waals surface area contributed by atoms with E-state index in [1.807, 2.05) is 42.6 Å². The first kappa shape index (κ1) is 16.8. The van der Waals surface area contributed by atoms with Crippen molar-refractivity contribution in [2.75, 3.05) is 11.9 Å². The van der Waals surface area contributed by atoms with E-state index in [-0.39, 0.29) is 17.4 Å². The summed E-state index contributed by atoms with van der Waals surface area (Å²) in [5.41, 5.74) is 3.32. The second-order valence-electron chi connectivity index (χ2n) is 6.26. The van der Waals surface area contributed by atoms with Crippen molar-refractivity contribution in [2.24, 2.45) is 0 Å². The summed E-state index contributed by atoms with van der Waals surface area (Å²) in [6, 6.07) is 21.3. The Balaban J connectivity index is 1.71. The molecule has 0 unspecified atom stereocenters. The van der Waals surface area contributed by atoms with Gasteiger partial charge in [0.15, 0.2) is 0 Å². The largest absolute Gasteiger partial charge is 0.363 e. The van der Waals surface area contributed by atoms with E-state index < -0.39 is 4.92 Å². The summed E-state index contributed by atoms with van der Waals surface area (Å²) in [5.74, 6) is 0.298. The lowest BCUT2D eigenvalue weighted by atomic mass is 9.91. The highest BCUT2D eigenvalue weighted by atomic mass is 16.6. The van der Waals surface area contributed by atoms with Crippen LogP contribution in [-0.2, 0) is 0 Å². The molecule has 0 amide bonds. The van der Waals surface area contributed by atoms with Crippen LogP contribution in [-0.4, -0.2) is 21.4 Å². The Hall–Kier alpha value is -3.67. The topological polar surface area (TPSA) is 83.8 Å². The van der Waals surface area contributed by atoms with E-state index in [1.54, 1.807) is 12.3 Å². The molecule has 0 aliphatic carbocycles. The van der Waals surface area contributed by atoms with Gasteiger partial charge in [-0.05, 0) is 23.3 Å². The van der Waals surface area contributed by atoms with E-state index in [4.69, 9.17) is 0 Å². The Bertz CT molecular complexity index is 1080. The molecule has 6 nitrogen and oxygen atoms in total. The number of para-hydroxylation sites is 1. The van der Waals surface area contributed by atoms with Crippen molar-refractivity contribution >= 4 is 22.4 Å². The maximum Gasteiger partial charge on any atom is 0.311 e. The molecule has 1 atom stereocenters. The molecule has 134 valence electrons. The summed E-state index contributed by atoms with van der Waals surface area (Å²) in [7, 11) is 0. The minimum Gasteiger partial charge on any atom is -0.363 e. The Morgan fingerprint density at radius 1 is 1.04 bits per heavy atom. The third-order valence-corrected chi connectivity index (χ3v) is 4.66. The van der Waals surface area contributed by atoms with Crippen molar-refractivity contribution in [3.63, 3.8) is 0 Å². The fourth-order valence-electron chi connectivity index (χ4n) is 3.35. The van der Waals surface area contributed by atoms with E-state index in [0.717, 1.165) is 22.0 Å². The number of nitro groups is 1. The molecule has 4 aromatic rings. The summed E-state index contributed by atoms with van der Waals surface area (Å²) in [5, 5.41) is 15.6. The summed E-state index contributed by atoms with van der Waals surface area (Å²) >= 11 is 0. The van der Waals surface area contributed by atoms with Gasteiger partial charge < -0.3 is 10.3 Å². The van der Waals surface area contributed by atoms with Gasteiger partial charge in [-0.25, -0.2) is 4.98 Å². The van der Waals surface area contributed by atoms with Gasteiger partial charge >= 0.3 is 5.69 Å². The van der Waals surface area contributed by atoms with Crippen LogP contribution in [0.25, 0.3) is 10.9 Å². The number of pyridine rings is 1. The molecule has 2 aromatic heterocycles. The molecular weight excluding hydrogens is 340 g/mol. The van der Waals surface area contributed by atoms with E-state index >= 15 is 0 Å². The molecule has 2 aromatic carbocycles. The summed E-state index contributed by atoms with van der Waals surface area (Å²) in [6.07, 6.45) is 3.56. The number of aromatic nitrogens is 2. The van der Waals surface area contributed by atoms with Crippen LogP contribution in [0.1, 0.15) is 17.0 Å². The van der Waals surface area contributed by atoms with Gasteiger partial charge in [0.2, 0.25) is 5.82 Å². The lowest BCUT2D eigenvalue weighted by molar-refractivity contribution is -0.384. The second kappa shape index (κ2) is 7.29. The maximum atomic E-state index is 11.3. The molecule has 0 fully saturated rings. The van der Waals surface area contributed by atoms with Gasteiger partial charge in [0.05, 0.1) is 4.92 Å². The first-order valence-electron chi connectivity index (χ1n) is 8.68. The zero-order valence-corrected chi connectivity index (χ0v) is 14.5. The van der Waals surface area contributed by atoms with Gasteiger partial charge in [0.1, 0.15) is 0 Å². The lowest BCUT2D eigenvalue weighted by Crippen LogP contribution is -2.15. The number of fused-ring (bicyclic) bond motifs is 1. The minimum atomic E-state index is -0.418. The normalized spacial score (nSPS) is 12.0. The molecule has 2 heterocycles. The van der Waals surface area contributed by atoms with Crippen molar-refractivity contribution in [1.82, 2.24) is 9.97 Å². The molecule has 27 heavy (non-hydrogen) atoms. The lowest BCUT2D eigenvalue weighted by Gasteiger charge is -2.18. The van der Waals surface area contributed by atoms with Gasteiger partial charge in [-0.3, -0.25) is 10.1 Å². The molecule has 0 radical (unpaired) electrons. The number of H-pyrrole nitrogens is 1. The van der Waals surface area contributed by atoms with E-state index in [9.17, 15) is 10.1 Å². The standard InChI is InChI=1S/C21H18N4O2/c26-25(27)20-11-6-12-22-21(20)24-13-17(15-7-2-1-3-8-15)18-14-23-19-10-5-4-9-16(18)19/h1-12,14,17,23H,13H2,(H,22,24)/t17-/m0/s1. The Kier molecular flexibility index (Phi) is 4.53. The van der Waals surface area contributed by atoms with Gasteiger partial charge in [-0.1, -0.05) is 48.5 Å². The highest BCUT2D eigenvalue weighted by Crippen LogP contribution is 2.32. The molecular formula is C21H18N4O2. The number of nitrogens with zero attached hydrogens (tertiary/aromatic N) is 2. The van der Waals surface area contributed by atoms with Crippen LogP contribution in [0.15, 0.2) is 79.1 Å². The van der Waals surface area contributed by atoms with Crippen molar-refractivity contribution in [3.05, 3.63) is 100 Å². The molecule has 0 aliphatic rings. The summed E-state index contributed by atoms with van der Waals surface area (Å²) in [4.78, 5) is 18.3.